The molecule has 1 aromatic rings. The summed E-state index contributed by atoms with van der Waals surface area (Å²) in [6.45, 7) is 4.78. The standard InChI is InChI=1S/C14H18F2N2O2/c1-3-7-18(8-4-2)14(20)13(19)17-10-5-6-11(15)12(16)9-10/h5-6,9H,3-4,7-8H2,1-2H3,(H,17,19). The molecular weight excluding hydrogens is 266 g/mol. The molecule has 6 heteroatoms. The molecular formula is C14H18F2N2O2. The largest absolute Gasteiger partial charge is 0.334 e. The van der Waals surface area contributed by atoms with Crippen LogP contribution in [0.4, 0.5) is 14.5 Å². The van der Waals surface area contributed by atoms with Gasteiger partial charge in [-0.3, -0.25) is 9.59 Å². The van der Waals surface area contributed by atoms with Gasteiger partial charge in [0, 0.05) is 24.8 Å². The van der Waals surface area contributed by atoms with Gasteiger partial charge in [0.05, 0.1) is 0 Å². The molecule has 0 unspecified atom stereocenters. The molecule has 0 aliphatic rings. The van der Waals surface area contributed by atoms with Crippen LogP contribution in [-0.2, 0) is 9.59 Å². The van der Waals surface area contributed by atoms with Gasteiger partial charge in [-0.05, 0) is 25.0 Å². The average molecular weight is 284 g/mol. The molecule has 0 saturated heterocycles. The fourth-order valence-corrected chi connectivity index (χ4v) is 1.76. The third-order valence-electron chi connectivity index (χ3n) is 2.65. The summed E-state index contributed by atoms with van der Waals surface area (Å²) in [5, 5.41) is 2.27. The van der Waals surface area contributed by atoms with Crippen molar-refractivity contribution in [2.24, 2.45) is 0 Å². The van der Waals surface area contributed by atoms with Gasteiger partial charge < -0.3 is 10.2 Å². The molecule has 4 nitrogen and oxygen atoms in total. The van der Waals surface area contributed by atoms with E-state index in [-0.39, 0.29) is 5.69 Å². The predicted molar refractivity (Wildman–Crippen MR) is 72.1 cm³/mol. The summed E-state index contributed by atoms with van der Waals surface area (Å²) in [6.07, 6.45) is 1.48. The molecule has 1 N–H and O–H groups in total. The number of hydrogen-bond donors (Lipinski definition) is 1. The number of rotatable bonds is 5. The van der Waals surface area contributed by atoms with Gasteiger partial charge in [0.2, 0.25) is 0 Å². The minimum absolute atomic E-state index is 0.0511. The highest BCUT2D eigenvalue weighted by Crippen LogP contribution is 2.13. The molecule has 0 aliphatic heterocycles. The van der Waals surface area contributed by atoms with Crippen LogP contribution in [0.1, 0.15) is 26.7 Å². The topological polar surface area (TPSA) is 49.4 Å². The molecule has 1 aromatic carbocycles. The molecule has 0 radical (unpaired) electrons. The van der Waals surface area contributed by atoms with Gasteiger partial charge in [-0.15, -0.1) is 0 Å². The number of halogens is 2. The van der Waals surface area contributed by atoms with E-state index in [0.717, 1.165) is 25.0 Å². The van der Waals surface area contributed by atoms with Gasteiger partial charge in [0.15, 0.2) is 11.6 Å². The Bertz CT molecular complexity index is 486. The van der Waals surface area contributed by atoms with Crippen molar-refractivity contribution < 1.29 is 18.4 Å². The summed E-state index contributed by atoms with van der Waals surface area (Å²) in [6, 6.07) is 2.93. The van der Waals surface area contributed by atoms with Gasteiger partial charge >= 0.3 is 11.8 Å². The van der Waals surface area contributed by atoms with Crippen LogP contribution >= 0.6 is 0 Å². The number of anilines is 1. The zero-order valence-corrected chi connectivity index (χ0v) is 11.6. The van der Waals surface area contributed by atoms with E-state index < -0.39 is 23.4 Å². The van der Waals surface area contributed by atoms with Crippen molar-refractivity contribution >= 4 is 17.5 Å². The maximum atomic E-state index is 13.0. The molecule has 0 aromatic heterocycles. The van der Waals surface area contributed by atoms with Gasteiger partial charge in [0.1, 0.15) is 0 Å². The summed E-state index contributed by atoms with van der Waals surface area (Å²) in [5.74, 6) is -3.60. The summed E-state index contributed by atoms with van der Waals surface area (Å²) in [5.41, 5.74) is 0.0511. The highest BCUT2D eigenvalue weighted by molar-refractivity contribution is 6.39. The van der Waals surface area contributed by atoms with Gasteiger partial charge in [0.25, 0.3) is 0 Å². The second kappa shape index (κ2) is 7.57. The molecule has 0 fully saturated rings. The second-order valence-corrected chi connectivity index (χ2v) is 4.38. The lowest BCUT2D eigenvalue weighted by atomic mass is 10.3. The van der Waals surface area contributed by atoms with E-state index in [9.17, 15) is 18.4 Å². The highest BCUT2D eigenvalue weighted by Gasteiger charge is 2.20. The molecule has 110 valence electrons. The lowest BCUT2D eigenvalue weighted by Crippen LogP contribution is -2.40. The summed E-state index contributed by atoms with van der Waals surface area (Å²) < 4.78 is 25.8. The van der Waals surface area contributed by atoms with Crippen LogP contribution in [0.3, 0.4) is 0 Å². The Morgan fingerprint density at radius 2 is 1.70 bits per heavy atom. The summed E-state index contributed by atoms with van der Waals surface area (Å²) in [4.78, 5) is 25.1. The summed E-state index contributed by atoms with van der Waals surface area (Å²) >= 11 is 0. The van der Waals surface area contributed by atoms with Crippen LogP contribution in [0.25, 0.3) is 0 Å². The Kier molecular flexibility index (Phi) is 6.09. The minimum Gasteiger partial charge on any atom is -0.334 e. The Hall–Kier alpha value is -1.98. The van der Waals surface area contributed by atoms with Crippen molar-refractivity contribution in [2.75, 3.05) is 18.4 Å². The lowest BCUT2D eigenvalue weighted by molar-refractivity contribution is -0.143. The molecule has 0 heterocycles. The quantitative estimate of drug-likeness (QED) is 0.845. The van der Waals surface area contributed by atoms with Crippen LogP contribution in [0.5, 0.6) is 0 Å². The van der Waals surface area contributed by atoms with Gasteiger partial charge in [-0.25, -0.2) is 8.78 Å². The Morgan fingerprint density at radius 1 is 1.10 bits per heavy atom. The number of carbonyl (C=O) groups is 2. The third kappa shape index (κ3) is 4.29. The molecule has 2 amide bonds. The van der Waals surface area contributed by atoms with Crippen molar-refractivity contribution in [1.29, 1.82) is 0 Å². The zero-order valence-electron chi connectivity index (χ0n) is 11.6. The number of carbonyl (C=O) groups excluding carboxylic acids is 2. The van der Waals surface area contributed by atoms with E-state index in [1.54, 1.807) is 0 Å². The van der Waals surface area contributed by atoms with E-state index in [4.69, 9.17) is 0 Å². The van der Waals surface area contributed by atoms with E-state index in [1.807, 2.05) is 13.8 Å². The van der Waals surface area contributed by atoms with Crippen LogP contribution in [0.2, 0.25) is 0 Å². The first-order valence-corrected chi connectivity index (χ1v) is 6.54. The van der Waals surface area contributed by atoms with Crippen molar-refractivity contribution in [3.8, 4) is 0 Å². The number of hydrogen-bond acceptors (Lipinski definition) is 2. The lowest BCUT2D eigenvalue weighted by Gasteiger charge is -2.20. The zero-order chi connectivity index (χ0) is 15.1. The van der Waals surface area contributed by atoms with Crippen LogP contribution in [0.15, 0.2) is 18.2 Å². The Labute approximate surface area is 116 Å². The number of amides is 2. The molecule has 20 heavy (non-hydrogen) atoms. The van der Waals surface area contributed by atoms with Crippen LogP contribution in [0, 0.1) is 11.6 Å². The number of benzene rings is 1. The van der Waals surface area contributed by atoms with Crippen molar-refractivity contribution in [3.63, 3.8) is 0 Å². The van der Waals surface area contributed by atoms with Crippen molar-refractivity contribution in [2.45, 2.75) is 26.7 Å². The third-order valence-corrected chi connectivity index (χ3v) is 2.65. The van der Waals surface area contributed by atoms with E-state index in [0.29, 0.717) is 13.1 Å². The molecule has 0 aliphatic carbocycles. The molecule has 1 rings (SSSR count). The molecule has 0 saturated carbocycles. The van der Waals surface area contributed by atoms with E-state index in [2.05, 4.69) is 5.32 Å². The van der Waals surface area contributed by atoms with Crippen LogP contribution in [-0.4, -0.2) is 29.8 Å². The first-order valence-electron chi connectivity index (χ1n) is 6.54. The molecule has 0 atom stereocenters. The second-order valence-electron chi connectivity index (χ2n) is 4.38. The number of nitrogens with one attached hydrogen (secondary N) is 1. The van der Waals surface area contributed by atoms with Crippen molar-refractivity contribution in [1.82, 2.24) is 4.90 Å². The normalized spacial score (nSPS) is 10.2. The van der Waals surface area contributed by atoms with Crippen LogP contribution < -0.4 is 5.32 Å². The summed E-state index contributed by atoms with van der Waals surface area (Å²) in [7, 11) is 0. The fourth-order valence-electron chi connectivity index (χ4n) is 1.76. The van der Waals surface area contributed by atoms with E-state index >= 15 is 0 Å². The predicted octanol–water partition coefficient (Wildman–Crippen LogP) is 2.55. The maximum absolute atomic E-state index is 13.0. The fraction of sp³-hybridized carbons (Fsp3) is 0.429. The SMILES string of the molecule is CCCN(CCC)C(=O)C(=O)Nc1ccc(F)c(F)c1. The number of nitrogens with zero attached hydrogens (tertiary/aromatic N) is 1. The maximum Gasteiger partial charge on any atom is 0.313 e. The first kappa shape index (κ1) is 16.1. The first-order chi connectivity index (χ1) is 9.49. The molecule has 0 bridgehead atoms. The smallest absolute Gasteiger partial charge is 0.313 e. The Morgan fingerprint density at radius 3 is 2.20 bits per heavy atom. The minimum atomic E-state index is -1.07. The molecule has 0 spiro atoms. The van der Waals surface area contributed by atoms with E-state index in [1.165, 1.54) is 11.0 Å². The van der Waals surface area contributed by atoms with Crippen molar-refractivity contribution in [3.05, 3.63) is 29.8 Å². The highest BCUT2D eigenvalue weighted by atomic mass is 19.2. The average Bonchev–Trinajstić information content (AvgIpc) is 2.42. The monoisotopic (exact) mass is 284 g/mol. The Balaban J connectivity index is 2.73. The van der Waals surface area contributed by atoms with Gasteiger partial charge in [-0.1, -0.05) is 13.8 Å². The van der Waals surface area contributed by atoms with Gasteiger partial charge in [-0.2, -0.15) is 0 Å².